The highest BCUT2D eigenvalue weighted by Crippen LogP contribution is 2.52. The Balaban J connectivity index is 1.29. The second-order valence-electron chi connectivity index (χ2n) is 17.0. The number of carbonyl (C=O) groups is 5. The number of esters is 1. The number of benzene rings is 2. The van der Waals surface area contributed by atoms with Gasteiger partial charge in [-0.1, -0.05) is 95.5 Å². The molecular formula is C44H53Cl3N6O7. The minimum absolute atomic E-state index is 0.0173. The van der Waals surface area contributed by atoms with Crippen LogP contribution in [0, 0.1) is 5.41 Å². The molecule has 1 aliphatic carbocycles. The maximum atomic E-state index is 14.4. The van der Waals surface area contributed by atoms with Gasteiger partial charge in [0, 0.05) is 17.8 Å². The molecule has 2 aromatic carbocycles. The van der Waals surface area contributed by atoms with Crippen LogP contribution in [0.15, 0.2) is 78.0 Å². The fourth-order valence-corrected chi connectivity index (χ4v) is 6.92. The van der Waals surface area contributed by atoms with E-state index >= 15 is 0 Å². The monoisotopic (exact) mass is 882 g/mol. The molecule has 322 valence electrons. The predicted octanol–water partition coefficient (Wildman–Crippen LogP) is 7.72. The van der Waals surface area contributed by atoms with E-state index in [0.29, 0.717) is 36.0 Å². The zero-order valence-corrected chi connectivity index (χ0v) is 37.3. The summed E-state index contributed by atoms with van der Waals surface area (Å²) in [4.78, 5) is 72.4. The summed E-state index contributed by atoms with van der Waals surface area (Å²) in [6.45, 7) is 13.9. The summed E-state index contributed by atoms with van der Waals surface area (Å²) >= 11 is 17.3. The van der Waals surface area contributed by atoms with Gasteiger partial charge in [-0.3, -0.25) is 29.2 Å². The van der Waals surface area contributed by atoms with Crippen LogP contribution in [-0.4, -0.2) is 73.9 Å². The number of alkyl halides is 3. The Morgan fingerprint density at radius 1 is 1.00 bits per heavy atom. The molecule has 5 rings (SSSR count). The van der Waals surface area contributed by atoms with Crippen LogP contribution < -0.4 is 21.4 Å². The number of ether oxygens (including phenoxy) is 2. The summed E-state index contributed by atoms with van der Waals surface area (Å²) in [7, 11) is 0. The standard InChI is InChI=1S/C44H53Cl3N6O7/c1-26(2)35(50-38(56)42(7,8)21-20-28-16-17-30-18-19-32(49-34(30)23-28)27(3)48-40(58)60-41(4,5)6)36(54)51-43(24-31(43)29-13-10-9-11-14-29)39(57)53-22-12-15-33(52-53)37(55)59-25-44(45,46)47/h9-11,13-14,16-21,23,27,31,33,52H,12,15,22,24-25H2,1-8H3,(H,48,58)(H,50,56)(H,51,54)/b21-20+/t27-,31+,33+,43-/m1/s1. The van der Waals surface area contributed by atoms with Crippen LogP contribution in [-0.2, 0) is 28.7 Å². The van der Waals surface area contributed by atoms with Gasteiger partial charge in [0.2, 0.25) is 9.70 Å². The van der Waals surface area contributed by atoms with Crippen LogP contribution >= 0.6 is 34.8 Å². The van der Waals surface area contributed by atoms with Crippen LogP contribution in [0.1, 0.15) is 103 Å². The number of carbonyl (C=O) groups excluding carboxylic acids is 5. The molecule has 60 heavy (non-hydrogen) atoms. The topological polar surface area (TPSA) is 168 Å². The van der Waals surface area contributed by atoms with E-state index in [1.807, 2.05) is 73.7 Å². The van der Waals surface area contributed by atoms with E-state index in [4.69, 9.17) is 49.3 Å². The van der Waals surface area contributed by atoms with Gasteiger partial charge in [-0.2, -0.15) is 0 Å². The molecule has 1 aliphatic heterocycles. The molecule has 16 heteroatoms. The number of halogens is 3. The van der Waals surface area contributed by atoms with Gasteiger partial charge in [0.25, 0.3) is 11.8 Å². The lowest BCUT2D eigenvalue weighted by Crippen LogP contribution is -2.62. The first-order valence-corrected chi connectivity index (χ1v) is 20.9. The third-order valence-corrected chi connectivity index (χ3v) is 10.5. The summed E-state index contributed by atoms with van der Waals surface area (Å²) in [6, 6.07) is 17.6. The molecule has 4 N–H and O–H groups in total. The van der Waals surface area contributed by atoms with E-state index < -0.39 is 68.8 Å². The number of alkyl carbamates (subject to hydrolysis) is 1. The Hall–Kier alpha value is -4.69. The van der Waals surface area contributed by atoms with Gasteiger partial charge in [0.1, 0.15) is 29.5 Å². The molecule has 1 saturated carbocycles. The highest BCUT2D eigenvalue weighted by Gasteiger charge is 2.63. The maximum absolute atomic E-state index is 14.4. The number of rotatable bonds is 12. The molecular weight excluding hydrogens is 831 g/mol. The molecule has 0 bridgehead atoms. The van der Waals surface area contributed by atoms with Crippen molar-refractivity contribution in [2.45, 2.75) is 108 Å². The molecule has 1 saturated heterocycles. The highest BCUT2D eigenvalue weighted by atomic mass is 35.6. The number of aromatic nitrogens is 1. The first-order valence-electron chi connectivity index (χ1n) is 19.8. The normalized spacial score (nSPS) is 19.9. The molecule has 13 nitrogen and oxygen atoms in total. The molecule has 4 amide bonds. The summed E-state index contributed by atoms with van der Waals surface area (Å²) < 4.78 is 8.77. The fourth-order valence-electron chi connectivity index (χ4n) is 6.76. The fraction of sp³-hybridized carbons (Fsp3) is 0.455. The molecule has 0 radical (unpaired) electrons. The number of nitrogens with one attached hydrogen (secondary N) is 4. The smallest absolute Gasteiger partial charge is 0.408 e. The van der Waals surface area contributed by atoms with Crippen molar-refractivity contribution in [3.63, 3.8) is 0 Å². The van der Waals surface area contributed by atoms with Crippen molar-refractivity contribution in [1.29, 1.82) is 0 Å². The third kappa shape index (κ3) is 12.0. The number of hydrazine groups is 1. The van der Waals surface area contributed by atoms with Crippen LogP contribution in [0.4, 0.5) is 4.79 Å². The van der Waals surface area contributed by atoms with E-state index in [1.165, 1.54) is 5.01 Å². The van der Waals surface area contributed by atoms with E-state index in [1.54, 1.807) is 54.5 Å². The number of allylic oxidation sites excluding steroid dienone is 1. The molecule has 3 aromatic rings. The minimum atomic E-state index is -1.79. The van der Waals surface area contributed by atoms with E-state index in [-0.39, 0.29) is 18.2 Å². The van der Waals surface area contributed by atoms with Gasteiger partial charge in [-0.05, 0) is 103 Å². The summed E-state index contributed by atoms with van der Waals surface area (Å²) in [6.07, 6.45) is 4.18. The number of nitrogens with zero attached hydrogens (tertiary/aromatic N) is 2. The lowest BCUT2D eigenvalue weighted by atomic mass is 9.90. The van der Waals surface area contributed by atoms with Crippen molar-refractivity contribution < 1.29 is 33.4 Å². The van der Waals surface area contributed by atoms with Crippen LogP contribution in [0.2, 0.25) is 0 Å². The summed E-state index contributed by atoms with van der Waals surface area (Å²) in [5.74, 6) is -2.56. The summed E-state index contributed by atoms with van der Waals surface area (Å²) in [5, 5.41) is 10.9. The van der Waals surface area contributed by atoms with Gasteiger partial charge in [-0.25, -0.2) is 10.2 Å². The van der Waals surface area contributed by atoms with E-state index in [0.717, 1.165) is 16.5 Å². The largest absolute Gasteiger partial charge is 0.460 e. The SMILES string of the molecule is CC(C)=C(NC(=O)C(C)(C)/C=C/c1ccc2ccc([C@@H](C)NC(=O)OC(C)(C)C)nc2c1)C(=O)N[C@]1(C(=O)N2CCC[C@@H](C(=O)OCC(Cl)(Cl)Cl)N2)C[C@H]1c1ccccc1. The van der Waals surface area contributed by atoms with Crippen molar-refractivity contribution in [2.24, 2.45) is 5.41 Å². The Labute approximate surface area is 365 Å². The van der Waals surface area contributed by atoms with Crippen LogP contribution in [0.5, 0.6) is 0 Å². The van der Waals surface area contributed by atoms with Crippen LogP contribution in [0.25, 0.3) is 17.0 Å². The number of pyridine rings is 1. The number of hydrogen-bond acceptors (Lipinski definition) is 9. The maximum Gasteiger partial charge on any atom is 0.408 e. The second-order valence-corrected chi connectivity index (χ2v) is 19.6. The second kappa shape index (κ2) is 18.5. The van der Waals surface area contributed by atoms with Gasteiger partial charge in [0.05, 0.1) is 22.7 Å². The Kier molecular flexibility index (Phi) is 14.3. The van der Waals surface area contributed by atoms with Gasteiger partial charge in [0.15, 0.2) is 0 Å². The zero-order valence-electron chi connectivity index (χ0n) is 35.1. The Bertz CT molecular complexity index is 2180. The van der Waals surface area contributed by atoms with Gasteiger partial charge >= 0.3 is 12.1 Å². The minimum Gasteiger partial charge on any atom is -0.460 e. The lowest BCUT2D eigenvalue weighted by molar-refractivity contribution is -0.153. The Morgan fingerprint density at radius 3 is 2.33 bits per heavy atom. The number of hydrogen-bond donors (Lipinski definition) is 4. The molecule has 0 spiro atoms. The highest BCUT2D eigenvalue weighted by molar-refractivity contribution is 6.67. The molecule has 1 aromatic heterocycles. The van der Waals surface area contributed by atoms with Gasteiger partial charge in [-0.15, -0.1) is 0 Å². The quantitative estimate of drug-likeness (QED) is 0.0809. The van der Waals surface area contributed by atoms with Crippen molar-refractivity contribution in [2.75, 3.05) is 13.2 Å². The molecule has 2 fully saturated rings. The third-order valence-electron chi connectivity index (χ3n) is 10.1. The van der Waals surface area contributed by atoms with Crippen molar-refractivity contribution in [3.8, 4) is 0 Å². The molecule has 4 atom stereocenters. The molecule has 2 aliphatic rings. The molecule has 2 heterocycles. The van der Waals surface area contributed by atoms with Crippen molar-refractivity contribution >= 4 is 81.6 Å². The number of fused-ring (bicyclic) bond motifs is 1. The van der Waals surface area contributed by atoms with E-state index in [2.05, 4.69) is 21.4 Å². The average Bonchev–Trinajstić information content (AvgIpc) is 3.91. The molecule has 0 unspecified atom stereocenters. The van der Waals surface area contributed by atoms with E-state index in [9.17, 15) is 24.0 Å². The zero-order chi connectivity index (χ0) is 44.2. The Morgan fingerprint density at radius 2 is 1.68 bits per heavy atom. The van der Waals surface area contributed by atoms with Gasteiger partial charge < -0.3 is 25.4 Å². The van der Waals surface area contributed by atoms with Crippen LogP contribution in [0.3, 0.4) is 0 Å². The average molecular weight is 884 g/mol. The first-order chi connectivity index (χ1) is 28.0. The number of amides is 4. The predicted molar refractivity (Wildman–Crippen MR) is 233 cm³/mol. The lowest BCUT2D eigenvalue weighted by Gasteiger charge is -2.36. The van der Waals surface area contributed by atoms with Crippen molar-refractivity contribution in [1.82, 2.24) is 31.4 Å². The summed E-state index contributed by atoms with van der Waals surface area (Å²) in [5.41, 5.74) is 3.40. The first kappa shape index (κ1) is 46.4. The van der Waals surface area contributed by atoms with Crippen molar-refractivity contribution in [3.05, 3.63) is 94.8 Å².